The summed E-state index contributed by atoms with van der Waals surface area (Å²) in [4.78, 5) is 53.5. The number of halogens is 2. The van der Waals surface area contributed by atoms with Crippen molar-refractivity contribution in [3.63, 3.8) is 0 Å². The number of aryl methyl sites for hydroxylation is 1. The van der Waals surface area contributed by atoms with Gasteiger partial charge in [-0.3, -0.25) is 14.4 Å². The van der Waals surface area contributed by atoms with Crippen LogP contribution in [-0.4, -0.2) is 36.6 Å². The average molecular weight is 678 g/mol. The van der Waals surface area contributed by atoms with Gasteiger partial charge in [-0.05, 0) is 79.8 Å². The van der Waals surface area contributed by atoms with Crippen LogP contribution in [0.2, 0.25) is 5.02 Å². The normalized spacial score (nSPS) is 12.5. The van der Waals surface area contributed by atoms with Crippen LogP contribution >= 0.6 is 34.7 Å². The molecule has 5 rings (SSSR count). The molecule has 236 valence electrons. The second kappa shape index (κ2) is 15.2. The molecule has 4 aromatic rings. The molecule has 46 heavy (non-hydrogen) atoms. The lowest BCUT2D eigenvalue weighted by Crippen LogP contribution is -2.30. The highest BCUT2D eigenvalue weighted by Crippen LogP contribution is 2.38. The zero-order valence-corrected chi connectivity index (χ0v) is 27.0. The van der Waals surface area contributed by atoms with E-state index in [4.69, 9.17) is 16.3 Å². The summed E-state index contributed by atoms with van der Waals surface area (Å²) in [6.07, 6.45) is 4.85. The van der Waals surface area contributed by atoms with Gasteiger partial charge in [-0.25, -0.2) is 9.18 Å². The molecule has 1 aliphatic rings. The highest BCUT2D eigenvalue weighted by Gasteiger charge is 2.27. The average Bonchev–Trinajstić information content (AvgIpc) is 3.42. The standard InChI is InChI=1S/C34H29ClFN3O5S2/c1-44-34(43)30-23-13-5-6-16-28(23)46-33(30)39-29(40)19-45-22-12-7-11-21(17-22)37-32(42)27(18-24-25(35)14-8-15-26(24)36)38-31(41)20-9-3-2-4-10-20/h2-4,7-12,14-15,17-18H,5-6,13,16,19H2,1H3,(H,37,42)(H,38,41)(H,39,40)/b27-18+. The van der Waals surface area contributed by atoms with Crippen molar-refractivity contribution in [2.75, 3.05) is 23.5 Å². The van der Waals surface area contributed by atoms with Crippen molar-refractivity contribution in [1.29, 1.82) is 0 Å². The third-order valence-electron chi connectivity index (χ3n) is 7.09. The molecule has 1 heterocycles. The second-order valence-electron chi connectivity index (χ2n) is 10.2. The number of thiophene rings is 1. The van der Waals surface area contributed by atoms with Gasteiger partial charge in [0.15, 0.2) is 0 Å². The smallest absolute Gasteiger partial charge is 0.341 e. The van der Waals surface area contributed by atoms with Gasteiger partial charge in [0.1, 0.15) is 16.5 Å². The van der Waals surface area contributed by atoms with Gasteiger partial charge in [0, 0.05) is 26.6 Å². The van der Waals surface area contributed by atoms with Gasteiger partial charge in [-0.1, -0.05) is 41.9 Å². The van der Waals surface area contributed by atoms with E-state index >= 15 is 0 Å². The third-order valence-corrected chi connectivity index (χ3v) is 9.62. The molecular weight excluding hydrogens is 649 g/mol. The molecule has 1 aliphatic carbocycles. The van der Waals surface area contributed by atoms with Crippen molar-refractivity contribution in [3.8, 4) is 0 Å². The van der Waals surface area contributed by atoms with E-state index in [1.165, 1.54) is 54.5 Å². The number of ether oxygens (including phenoxy) is 1. The van der Waals surface area contributed by atoms with Crippen LogP contribution in [0.4, 0.5) is 15.1 Å². The number of rotatable bonds is 10. The van der Waals surface area contributed by atoms with Crippen molar-refractivity contribution >= 4 is 75.2 Å². The van der Waals surface area contributed by atoms with Gasteiger partial charge < -0.3 is 20.7 Å². The molecule has 1 aromatic heterocycles. The fourth-order valence-corrected chi connectivity index (χ4v) is 7.15. The van der Waals surface area contributed by atoms with E-state index in [1.54, 1.807) is 54.6 Å². The van der Waals surface area contributed by atoms with Crippen molar-refractivity contribution in [2.24, 2.45) is 0 Å². The minimum absolute atomic E-state index is 0.0463. The molecule has 0 atom stereocenters. The Morgan fingerprint density at radius 1 is 0.978 bits per heavy atom. The molecule has 3 amide bonds. The SMILES string of the molecule is COC(=O)c1c(NC(=O)CSc2cccc(NC(=O)/C(=C\c3c(F)cccc3Cl)NC(=O)c3ccccc3)c2)sc2c1CCCC2. The number of fused-ring (bicyclic) bond motifs is 1. The number of carbonyl (C=O) groups is 4. The molecule has 0 spiro atoms. The minimum Gasteiger partial charge on any atom is -0.465 e. The van der Waals surface area contributed by atoms with Crippen LogP contribution in [0.3, 0.4) is 0 Å². The number of nitrogens with one attached hydrogen (secondary N) is 3. The molecule has 8 nitrogen and oxygen atoms in total. The Morgan fingerprint density at radius 2 is 1.74 bits per heavy atom. The fourth-order valence-electron chi connectivity index (χ4n) is 4.88. The quantitative estimate of drug-likeness (QED) is 0.0919. The molecule has 3 aromatic carbocycles. The molecule has 3 N–H and O–H groups in total. The lowest BCUT2D eigenvalue weighted by molar-refractivity contribution is -0.114. The van der Waals surface area contributed by atoms with Crippen LogP contribution in [-0.2, 0) is 27.2 Å². The Balaban J connectivity index is 1.29. The van der Waals surface area contributed by atoms with Crippen molar-refractivity contribution in [1.82, 2.24) is 5.32 Å². The van der Waals surface area contributed by atoms with Gasteiger partial charge >= 0.3 is 5.97 Å². The van der Waals surface area contributed by atoms with E-state index in [0.717, 1.165) is 36.1 Å². The van der Waals surface area contributed by atoms with Gasteiger partial charge in [0.2, 0.25) is 5.91 Å². The predicted octanol–water partition coefficient (Wildman–Crippen LogP) is 7.35. The molecule has 0 saturated carbocycles. The highest BCUT2D eigenvalue weighted by molar-refractivity contribution is 8.00. The number of anilines is 2. The first-order valence-corrected chi connectivity index (χ1v) is 16.5. The van der Waals surface area contributed by atoms with E-state index in [-0.39, 0.29) is 27.9 Å². The first-order valence-electron chi connectivity index (χ1n) is 14.3. The van der Waals surface area contributed by atoms with Crippen molar-refractivity contribution in [2.45, 2.75) is 30.6 Å². The van der Waals surface area contributed by atoms with Crippen LogP contribution in [0.1, 0.15) is 49.6 Å². The summed E-state index contributed by atoms with van der Waals surface area (Å²) >= 11 is 8.85. The van der Waals surface area contributed by atoms with Crippen LogP contribution in [0, 0.1) is 5.82 Å². The number of amides is 3. The molecule has 0 unspecified atom stereocenters. The molecule has 0 radical (unpaired) electrons. The van der Waals surface area contributed by atoms with Gasteiger partial charge in [-0.15, -0.1) is 23.1 Å². The van der Waals surface area contributed by atoms with Crippen molar-refractivity contribution < 1.29 is 28.3 Å². The number of benzene rings is 3. The maximum Gasteiger partial charge on any atom is 0.341 e. The summed E-state index contributed by atoms with van der Waals surface area (Å²) in [6, 6.07) is 19.2. The summed E-state index contributed by atoms with van der Waals surface area (Å²) in [5.74, 6) is -2.64. The second-order valence-corrected chi connectivity index (χ2v) is 12.8. The number of esters is 1. The molecular formula is C34H29ClFN3O5S2. The van der Waals surface area contributed by atoms with E-state index in [1.807, 2.05) is 0 Å². The number of carbonyl (C=O) groups excluding carboxylic acids is 4. The fraction of sp³-hybridized carbons (Fsp3) is 0.176. The van der Waals surface area contributed by atoms with E-state index < -0.39 is 23.6 Å². The highest BCUT2D eigenvalue weighted by atomic mass is 35.5. The summed E-state index contributed by atoms with van der Waals surface area (Å²) in [7, 11) is 1.33. The summed E-state index contributed by atoms with van der Waals surface area (Å²) in [6.45, 7) is 0. The Bertz CT molecular complexity index is 1810. The Hall–Kier alpha value is -4.45. The summed E-state index contributed by atoms with van der Waals surface area (Å²) < 4.78 is 19.6. The minimum atomic E-state index is -0.708. The Kier molecular flexibility index (Phi) is 10.9. The number of hydrogen-bond acceptors (Lipinski definition) is 7. The zero-order valence-electron chi connectivity index (χ0n) is 24.7. The first kappa shape index (κ1) is 32.9. The maximum absolute atomic E-state index is 14.6. The van der Waals surface area contributed by atoms with Crippen LogP contribution in [0.15, 0.2) is 83.4 Å². The van der Waals surface area contributed by atoms with Crippen LogP contribution in [0.5, 0.6) is 0 Å². The number of methoxy groups -OCH3 is 1. The van der Waals surface area contributed by atoms with Gasteiger partial charge in [-0.2, -0.15) is 0 Å². The van der Waals surface area contributed by atoms with Crippen LogP contribution in [0.25, 0.3) is 6.08 Å². The van der Waals surface area contributed by atoms with Gasteiger partial charge in [0.25, 0.3) is 11.8 Å². The lowest BCUT2D eigenvalue weighted by Gasteiger charge is -2.13. The Morgan fingerprint density at radius 3 is 2.50 bits per heavy atom. The maximum atomic E-state index is 14.6. The molecule has 0 aliphatic heterocycles. The van der Waals surface area contributed by atoms with E-state index in [2.05, 4.69) is 16.0 Å². The topological polar surface area (TPSA) is 114 Å². The van der Waals surface area contributed by atoms with E-state index in [0.29, 0.717) is 26.7 Å². The van der Waals surface area contributed by atoms with Crippen LogP contribution < -0.4 is 16.0 Å². The van der Waals surface area contributed by atoms with E-state index in [9.17, 15) is 23.6 Å². The zero-order chi connectivity index (χ0) is 32.6. The van der Waals surface area contributed by atoms with Crippen molar-refractivity contribution in [3.05, 3.63) is 116 Å². The summed E-state index contributed by atoms with van der Waals surface area (Å²) in [5.41, 5.74) is 1.80. The molecule has 0 fully saturated rings. The largest absolute Gasteiger partial charge is 0.465 e. The molecule has 0 saturated heterocycles. The monoisotopic (exact) mass is 677 g/mol. The van der Waals surface area contributed by atoms with Gasteiger partial charge in [0.05, 0.1) is 23.4 Å². The number of thioether (sulfide) groups is 1. The Labute approximate surface area is 278 Å². The predicted molar refractivity (Wildman–Crippen MR) is 180 cm³/mol. The number of hydrogen-bond donors (Lipinski definition) is 3. The third kappa shape index (κ3) is 8.03. The summed E-state index contributed by atoms with van der Waals surface area (Å²) in [5, 5.41) is 8.73. The lowest BCUT2D eigenvalue weighted by atomic mass is 9.95. The molecule has 12 heteroatoms. The first-order chi connectivity index (χ1) is 22.2. The molecule has 0 bridgehead atoms.